The Labute approximate surface area is 75.6 Å². The summed E-state index contributed by atoms with van der Waals surface area (Å²) in [5, 5.41) is 0.609. The first-order valence-electron chi connectivity index (χ1n) is 4.21. The van der Waals surface area contributed by atoms with Gasteiger partial charge in [0, 0.05) is 23.1 Å². The van der Waals surface area contributed by atoms with Crippen LogP contribution in [0.4, 0.5) is 4.39 Å². The van der Waals surface area contributed by atoms with Gasteiger partial charge in [-0.15, -0.1) is 0 Å². The summed E-state index contributed by atoms with van der Waals surface area (Å²) in [4.78, 5) is 2.99. The van der Waals surface area contributed by atoms with Gasteiger partial charge >= 0.3 is 0 Å². The van der Waals surface area contributed by atoms with Gasteiger partial charge in [-0.2, -0.15) is 0 Å². The number of fused-ring (bicyclic) bond motifs is 1. The number of hydrogen-bond acceptors (Lipinski definition) is 1. The van der Waals surface area contributed by atoms with E-state index in [2.05, 4.69) is 4.98 Å². The van der Waals surface area contributed by atoms with Gasteiger partial charge in [0.1, 0.15) is 5.82 Å². The Bertz CT molecular complexity index is 431. The molecule has 0 amide bonds. The van der Waals surface area contributed by atoms with Crippen LogP contribution in [0.25, 0.3) is 10.9 Å². The summed E-state index contributed by atoms with van der Waals surface area (Å²) in [6.45, 7) is 1.84. The second kappa shape index (κ2) is 2.85. The molecule has 0 saturated heterocycles. The summed E-state index contributed by atoms with van der Waals surface area (Å²) in [5.41, 5.74) is 7.33. The molecular weight excluding hydrogens is 167 g/mol. The summed E-state index contributed by atoms with van der Waals surface area (Å²) in [6.07, 6.45) is 1.76. The number of aromatic amines is 1. The molecule has 13 heavy (non-hydrogen) atoms. The maximum absolute atomic E-state index is 13.4. The highest BCUT2D eigenvalue weighted by atomic mass is 19.1. The number of halogens is 1. The number of nitrogens with one attached hydrogen (secondary N) is 1. The number of nitrogens with two attached hydrogens (primary N) is 1. The van der Waals surface area contributed by atoms with E-state index in [4.69, 9.17) is 5.73 Å². The summed E-state index contributed by atoms with van der Waals surface area (Å²) in [5.74, 6) is -0.217. The van der Waals surface area contributed by atoms with E-state index in [-0.39, 0.29) is 11.9 Å². The van der Waals surface area contributed by atoms with E-state index in [1.54, 1.807) is 12.3 Å². The van der Waals surface area contributed by atoms with Gasteiger partial charge < -0.3 is 10.7 Å². The molecule has 1 unspecified atom stereocenters. The highest BCUT2D eigenvalue weighted by molar-refractivity contribution is 5.84. The molecule has 0 aliphatic heterocycles. The summed E-state index contributed by atoms with van der Waals surface area (Å²) in [7, 11) is 0. The van der Waals surface area contributed by atoms with Gasteiger partial charge in [0.25, 0.3) is 0 Å². The lowest BCUT2D eigenvalue weighted by atomic mass is 10.1. The molecule has 0 aliphatic carbocycles. The molecule has 0 fully saturated rings. The standard InChI is InChI=1S/C10H11FN2/c1-6(12)7-5-13-9-4-2-3-8(11)10(7)9/h2-6,13H,12H2,1H3. The minimum Gasteiger partial charge on any atom is -0.361 e. The summed E-state index contributed by atoms with van der Waals surface area (Å²) < 4.78 is 13.4. The van der Waals surface area contributed by atoms with Crippen molar-refractivity contribution in [3.05, 3.63) is 35.8 Å². The fourth-order valence-electron chi connectivity index (χ4n) is 1.52. The van der Waals surface area contributed by atoms with Crippen LogP contribution in [0.3, 0.4) is 0 Å². The lowest BCUT2D eigenvalue weighted by molar-refractivity contribution is 0.637. The molecule has 1 heterocycles. The highest BCUT2D eigenvalue weighted by Crippen LogP contribution is 2.24. The predicted molar refractivity (Wildman–Crippen MR) is 50.9 cm³/mol. The Balaban J connectivity index is 2.79. The van der Waals surface area contributed by atoms with Crippen LogP contribution in [0.1, 0.15) is 18.5 Å². The first-order chi connectivity index (χ1) is 6.20. The van der Waals surface area contributed by atoms with Crippen LogP contribution in [-0.4, -0.2) is 4.98 Å². The van der Waals surface area contributed by atoms with Gasteiger partial charge in [0.15, 0.2) is 0 Å². The van der Waals surface area contributed by atoms with Crippen LogP contribution in [0.5, 0.6) is 0 Å². The number of H-pyrrole nitrogens is 1. The molecule has 1 aromatic carbocycles. The molecule has 3 heteroatoms. The van der Waals surface area contributed by atoms with E-state index in [0.717, 1.165) is 11.1 Å². The fourth-order valence-corrected chi connectivity index (χ4v) is 1.52. The van der Waals surface area contributed by atoms with Crippen molar-refractivity contribution in [3.63, 3.8) is 0 Å². The number of hydrogen-bond donors (Lipinski definition) is 2. The quantitative estimate of drug-likeness (QED) is 0.691. The molecular formula is C10H11FN2. The normalized spacial score (nSPS) is 13.5. The van der Waals surface area contributed by atoms with E-state index in [9.17, 15) is 4.39 Å². The van der Waals surface area contributed by atoms with Crippen molar-refractivity contribution in [2.24, 2.45) is 5.73 Å². The molecule has 1 atom stereocenters. The first-order valence-corrected chi connectivity index (χ1v) is 4.21. The lowest BCUT2D eigenvalue weighted by Crippen LogP contribution is -2.04. The summed E-state index contributed by atoms with van der Waals surface area (Å²) in [6, 6.07) is 4.82. The Morgan fingerprint density at radius 2 is 2.23 bits per heavy atom. The lowest BCUT2D eigenvalue weighted by Gasteiger charge is -2.02. The second-order valence-electron chi connectivity index (χ2n) is 3.20. The van der Waals surface area contributed by atoms with Crippen molar-refractivity contribution in [1.82, 2.24) is 4.98 Å². The molecule has 2 rings (SSSR count). The molecule has 0 spiro atoms. The zero-order valence-electron chi connectivity index (χ0n) is 7.34. The SMILES string of the molecule is CC(N)c1c[nH]c2cccc(F)c12. The molecule has 2 aromatic rings. The third kappa shape index (κ3) is 1.21. The van der Waals surface area contributed by atoms with Crippen molar-refractivity contribution in [3.8, 4) is 0 Å². The van der Waals surface area contributed by atoms with Crippen LogP contribution in [-0.2, 0) is 0 Å². The molecule has 2 nitrogen and oxygen atoms in total. The largest absolute Gasteiger partial charge is 0.361 e. The van der Waals surface area contributed by atoms with Crippen LogP contribution >= 0.6 is 0 Å². The number of rotatable bonds is 1. The van der Waals surface area contributed by atoms with Crippen LogP contribution in [0.2, 0.25) is 0 Å². The molecule has 0 aliphatic rings. The third-order valence-corrected chi connectivity index (χ3v) is 2.18. The van der Waals surface area contributed by atoms with E-state index in [1.807, 2.05) is 13.0 Å². The minimum absolute atomic E-state index is 0.148. The minimum atomic E-state index is -0.217. The first kappa shape index (κ1) is 8.26. The van der Waals surface area contributed by atoms with Crippen LogP contribution in [0, 0.1) is 5.82 Å². The van der Waals surface area contributed by atoms with E-state index in [0.29, 0.717) is 5.39 Å². The van der Waals surface area contributed by atoms with E-state index in [1.165, 1.54) is 6.07 Å². The topological polar surface area (TPSA) is 41.8 Å². The van der Waals surface area contributed by atoms with Crippen molar-refractivity contribution in [2.75, 3.05) is 0 Å². The molecule has 0 saturated carbocycles. The smallest absolute Gasteiger partial charge is 0.132 e. The maximum Gasteiger partial charge on any atom is 0.132 e. The fraction of sp³-hybridized carbons (Fsp3) is 0.200. The van der Waals surface area contributed by atoms with Gasteiger partial charge in [-0.1, -0.05) is 6.07 Å². The van der Waals surface area contributed by atoms with Crippen molar-refractivity contribution >= 4 is 10.9 Å². The molecule has 68 valence electrons. The zero-order chi connectivity index (χ0) is 9.42. The molecule has 0 radical (unpaired) electrons. The van der Waals surface area contributed by atoms with E-state index < -0.39 is 0 Å². The van der Waals surface area contributed by atoms with E-state index >= 15 is 0 Å². The summed E-state index contributed by atoms with van der Waals surface area (Å²) >= 11 is 0. The Morgan fingerprint density at radius 3 is 2.92 bits per heavy atom. The second-order valence-corrected chi connectivity index (χ2v) is 3.20. The third-order valence-electron chi connectivity index (χ3n) is 2.18. The van der Waals surface area contributed by atoms with Crippen molar-refractivity contribution < 1.29 is 4.39 Å². The molecule has 3 N–H and O–H groups in total. The monoisotopic (exact) mass is 178 g/mol. The van der Waals surface area contributed by atoms with Gasteiger partial charge in [0.05, 0.1) is 0 Å². The van der Waals surface area contributed by atoms with Gasteiger partial charge in [-0.3, -0.25) is 0 Å². The maximum atomic E-state index is 13.4. The van der Waals surface area contributed by atoms with Crippen molar-refractivity contribution in [2.45, 2.75) is 13.0 Å². The van der Waals surface area contributed by atoms with Crippen LogP contribution in [0.15, 0.2) is 24.4 Å². The molecule has 0 bridgehead atoms. The number of benzene rings is 1. The number of aromatic nitrogens is 1. The average molecular weight is 178 g/mol. The zero-order valence-corrected chi connectivity index (χ0v) is 7.34. The Morgan fingerprint density at radius 1 is 1.46 bits per heavy atom. The molecule has 1 aromatic heterocycles. The van der Waals surface area contributed by atoms with Crippen LogP contribution < -0.4 is 5.73 Å². The Kier molecular flexibility index (Phi) is 1.81. The van der Waals surface area contributed by atoms with Crippen molar-refractivity contribution in [1.29, 1.82) is 0 Å². The highest BCUT2D eigenvalue weighted by Gasteiger charge is 2.10. The Hall–Kier alpha value is -1.35. The average Bonchev–Trinajstić information content (AvgIpc) is 2.49. The van der Waals surface area contributed by atoms with Gasteiger partial charge in [0.2, 0.25) is 0 Å². The van der Waals surface area contributed by atoms with Gasteiger partial charge in [-0.05, 0) is 24.6 Å². The van der Waals surface area contributed by atoms with Gasteiger partial charge in [-0.25, -0.2) is 4.39 Å². The predicted octanol–water partition coefficient (Wildman–Crippen LogP) is 2.33.